The SMILES string of the molecule is O=C(C[C@H]1OC[C@H]2CN(C3CCC3)CC[C@H]21)N1CCCC1.O=C(O)C(F)(F)F. The highest BCUT2D eigenvalue weighted by Crippen LogP contribution is 2.39. The van der Waals surface area contributed by atoms with Crippen LogP contribution in [0.4, 0.5) is 13.2 Å². The van der Waals surface area contributed by atoms with Gasteiger partial charge in [-0.25, -0.2) is 4.79 Å². The highest BCUT2D eigenvalue weighted by Gasteiger charge is 2.43. The van der Waals surface area contributed by atoms with Crippen LogP contribution in [0.15, 0.2) is 0 Å². The Morgan fingerprint density at radius 1 is 1.04 bits per heavy atom. The minimum atomic E-state index is -5.08. The van der Waals surface area contributed by atoms with E-state index in [0.717, 1.165) is 25.7 Å². The van der Waals surface area contributed by atoms with Crippen molar-refractivity contribution in [1.29, 1.82) is 0 Å². The van der Waals surface area contributed by atoms with E-state index in [1.807, 2.05) is 4.90 Å². The van der Waals surface area contributed by atoms with Crippen molar-refractivity contribution >= 4 is 11.9 Å². The van der Waals surface area contributed by atoms with E-state index in [1.54, 1.807) is 0 Å². The minimum Gasteiger partial charge on any atom is -0.475 e. The van der Waals surface area contributed by atoms with Crippen LogP contribution in [0, 0.1) is 11.8 Å². The van der Waals surface area contributed by atoms with Crippen molar-refractivity contribution in [3.8, 4) is 0 Å². The Labute approximate surface area is 163 Å². The van der Waals surface area contributed by atoms with Gasteiger partial charge < -0.3 is 19.6 Å². The lowest BCUT2D eigenvalue weighted by Crippen LogP contribution is -2.49. The highest BCUT2D eigenvalue weighted by molar-refractivity contribution is 5.77. The summed E-state index contributed by atoms with van der Waals surface area (Å²) in [5.74, 6) is -1.12. The molecule has 0 aromatic heterocycles. The molecule has 1 N–H and O–H groups in total. The summed E-state index contributed by atoms with van der Waals surface area (Å²) in [7, 11) is 0. The van der Waals surface area contributed by atoms with Gasteiger partial charge in [0.05, 0.1) is 19.1 Å². The lowest BCUT2D eigenvalue weighted by atomic mass is 9.80. The standard InChI is InChI=1S/C17H28N2O2.C2HF3O2/c20-17(18-7-1-2-8-18)10-16-15-6-9-19(14-4-3-5-14)11-13(15)12-21-16;3-2(4,5)1(6)7/h13-16H,1-12H2;(H,6,7)/t13-,15-,16-;/m1./s1. The lowest BCUT2D eigenvalue weighted by molar-refractivity contribution is -0.192. The first kappa shape index (κ1) is 21.4. The molecule has 4 aliphatic rings. The summed E-state index contributed by atoms with van der Waals surface area (Å²) in [6.45, 7) is 5.25. The first-order valence-corrected chi connectivity index (χ1v) is 10.2. The number of fused-ring (bicyclic) bond motifs is 1. The van der Waals surface area contributed by atoms with Crippen LogP contribution < -0.4 is 0 Å². The molecule has 0 aromatic carbocycles. The topological polar surface area (TPSA) is 70.1 Å². The van der Waals surface area contributed by atoms with Crippen molar-refractivity contribution in [2.24, 2.45) is 11.8 Å². The van der Waals surface area contributed by atoms with Gasteiger partial charge in [0.25, 0.3) is 0 Å². The molecule has 4 fully saturated rings. The van der Waals surface area contributed by atoms with Crippen LogP contribution >= 0.6 is 0 Å². The summed E-state index contributed by atoms with van der Waals surface area (Å²) in [6, 6.07) is 0.858. The number of hydrogen-bond donors (Lipinski definition) is 1. The van der Waals surface area contributed by atoms with Crippen LogP contribution in [0.1, 0.15) is 44.9 Å². The third-order valence-electron chi connectivity index (χ3n) is 6.49. The van der Waals surface area contributed by atoms with E-state index >= 15 is 0 Å². The maximum atomic E-state index is 12.3. The number of piperidine rings is 1. The normalized spacial score (nSPS) is 31.0. The second-order valence-electron chi connectivity index (χ2n) is 8.26. The number of ether oxygens (including phenoxy) is 1. The third-order valence-corrected chi connectivity index (χ3v) is 6.49. The Balaban J connectivity index is 0.000000279. The monoisotopic (exact) mass is 406 g/mol. The molecular weight excluding hydrogens is 377 g/mol. The minimum absolute atomic E-state index is 0.201. The number of likely N-dealkylation sites (tertiary alicyclic amines) is 2. The summed E-state index contributed by atoms with van der Waals surface area (Å²) >= 11 is 0. The molecule has 3 heterocycles. The number of hydrogen-bond acceptors (Lipinski definition) is 4. The highest BCUT2D eigenvalue weighted by atomic mass is 19.4. The van der Waals surface area contributed by atoms with Gasteiger partial charge in [0.1, 0.15) is 0 Å². The van der Waals surface area contributed by atoms with Crippen molar-refractivity contribution in [3.63, 3.8) is 0 Å². The number of aliphatic carboxylic acids is 1. The lowest BCUT2D eigenvalue weighted by Gasteiger charge is -2.43. The fraction of sp³-hybridized carbons (Fsp3) is 0.895. The first-order valence-electron chi connectivity index (χ1n) is 10.2. The quantitative estimate of drug-likeness (QED) is 0.780. The molecule has 3 saturated heterocycles. The second kappa shape index (κ2) is 8.98. The second-order valence-corrected chi connectivity index (χ2v) is 8.26. The Bertz CT molecular complexity index is 562. The number of halogens is 3. The number of carboxylic acids is 1. The van der Waals surface area contributed by atoms with Crippen molar-refractivity contribution in [3.05, 3.63) is 0 Å². The molecule has 0 radical (unpaired) electrons. The molecule has 1 aliphatic carbocycles. The van der Waals surface area contributed by atoms with Crippen molar-refractivity contribution < 1.29 is 32.6 Å². The number of carbonyl (C=O) groups excluding carboxylic acids is 1. The van der Waals surface area contributed by atoms with Gasteiger partial charge in [-0.2, -0.15) is 13.2 Å². The summed E-state index contributed by atoms with van der Waals surface area (Å²) in [4.78, 5) is 26.0. The van der Waals surface area contributed by atoms with E-state index in [2.05, 4.69) is 4.90 Å². The Kier molecular flexibility index (Phi) is 6.85. The van der Waals surface area contributed by atoms with Crippen LogP contribution in [0.5, 0.6) is 0 Å². The number of amides is 1. The van der Waals surface area contributed by atoms with Crippen LogP contribution in [0.2, 0.25) is 0 Å². The van der Waals surface area contributed by atoms with Crippen LogP contribution in [0.3, 0.4) is 0 Å². The molecule has 0 bridgehead atoms. The van der Waals surface area contributed by atoms with Gasteiger partial charge in [-0.3, -0.25) is 4.79 Å². The smallest absolute Gasteiger partial charge is 0.475 e. The zero-order valence-electron chi connectivity index (χ0n) is 16.0. The van der Waals surface area contributed by atoms with Gasteiger partial charge in [0, 0.05) is 31.6 Å². The average molecular weight is 406 g/mol. The average Bonchev–Trinajstić information content (AvgIpc) is 3.23. The predicted molar refractivity (Wildman–Crippen MR) is 94.7 cm³/mol. The predicted octanol–water partition coefficient (Wildman–Crippen LogP) is 2.52. The summed E-state index contributed by atoms with van der Waals surface area (Å²) in [5.41, 5.74) is 0. The van der Waals surface area contributed by atoms with Crippen molar-refractivity contribution in [1.82, 2.24) is 9.80 Å². The maximum Gasteiger partial charge on any atom is 0.490 e. The largest absolute Gasteiger partial charge is 0.490 e. The van der Waals surface area contributed by atoms with Crippen LogP contribution in [-0.4, -0.2) is 77.9 Å². The molecule has 3 atom stereocenters. The molecule has 160 valence electrons. The van der Waals surface area contributed by atoms with Crippen molar-refractivity contribution in [2.75, 3.05) is 32.8 Å². The zero-order chi connectivity index (χ0) is 20.3. The van der Waals surface area contributed by atoms with E-state index in [1.165, 1.54) is 51.6 Å². The molecule has 1 amide bonds. The molecule has 0 aromatic rings. The van der Waals surface area contributed by atoms with Crippen LogP contribution in [-0.2, 0) is 14.3 Å². The van der Waals surface area contributed by atoms with Gasteiger partial charge in [-0.1, -0.05) is 6.42 Å². The molecule has 0 spiro atoms. The molecule has 9 heteroatoms. The van der Waals surface area contributed by atoms with E-state index in [-0.39, 0.29) is 6.10 Å². The van der Waals surface area contributed by atoms with E-state index in [0.29, 0.717) is 24.2 Å². The molecule has 3 aliphatic heterocycles. The number of alkyl halides is 3. The Hall–Kier alpha value is -1.35. The summed E-state index contributed by atoms with van der Waals surface area (Å²) in [5, 5.41) is 7.12. The number of carboxylic acid groups (broad SMARTS) is 1. The first-order chi connectivity index (χ1) is 13.3. The molecule has 28 heavy (non-hydrogen) atoms. The fourth-order valence-electron chi connectivity index (χ4n) is 4.68. The Morgan fingerprint density at radius 3 is 2.21 bits per heavy atom. The molecule has 0 unspecified atom stereocenters. The zero-order valence-corrected chi connectivity index (χ0v) is 16.0. The third kappa shape index (κ3) is 5.17. The van der Waals surface area contributed by atoms with Gasteiger partial charge in [-0.15, -0.1) is 0 Å². The van der Waals surface area contributed by atoms with E-state index in [9.17, 15) is 18.0 Å². The van der Waals surface area contributed by atoms with Crippen molar-refractivity contribution in [2.45, 2.75) is 63.3 Å². The molecular formula is C19H29F3N2O4. The van der Waals surface area contributed by atoms with Gasteiger partial charge in [0.2, 0.25) is 5.91 Å². The molecule has 4 rings (SSSR count). The van der Waals surface area contributed by atoms with E-state index < -0.39 is 12.1 Å². The number of nitrogens with zero attached hydrogens (tertiary/aromatic N) is 2. The van der Waals surface area contributed by atoms with Crippen LogP contribution in [0.25, 0.3) is 0 Å². The van der Waals surface area contributed by atoms with Gasteiger partial charge >= 0.3 is 12.1 Å². The van der Waals surface area contributed by atoms with Gasteiger partial charge in [0.15, 0.2) is 0 Å². The molecule has 1 saturated carbocycles. The fourth-order valence-corrected chi connectivity index (χ4v) is 4.68. The van der Waals surface area contributed by atoms with E-state index in [4.69, 9.17) is 14.6 Å². The Morgan fingerprint density at radius 2 is 1.68 bits per heavy atom. The summed E-state index contributed by atoms with van der Waals surface area (Å²) in [6.07, 6.45) is 3.55. The number of carbonyl (C=O) groups is 2. The maximum absolute atomic E-state index is 12.3. The summed E-state index contributed by atoms with van der Waals surface area (Å²) < 4.78 is 37.8. The van der Waals surface area contributed by atoms with Gasteiger partial charge in [-0.05, 0) is 44.6 Å². The number of rotatable bonds is 3. The molecule has 6 nitrogen and oxygen atoms in total.